The van der Waals surface area contributed by atoms with E-state index in [-0.39, 0.29) is 17.7 Å². The molecular formula is C18H20O3. The van der Waals surface area contributed by atoms with Gasteiger partial charge in [-0.05, 0) is 37.3 Å². The first-order chi connectivity index (χ1) is 10.2. The molecule has 110 valence electrons. The molecule has 2 aliphatic carbocycles. The first-order valence-electron chi connectivity index (χ1n) is 7.66. The zero-order chi connectivity index (χ0) is 14.9. The Hall–Kier alpha value is -1.90. The van der Waals surface area contributed by atoms with Crippen molar-refractivity contribution in [2.75, 3.05) is 6.61 Å². The topological polar surface area (TPSA) is 43.4 Å². The number of allylic oxidation sites excluding steroid dienone is 2. The Kier molecular flexibility index (Phi) is 3.66. The molecule has 3 nitrogen and oxygen atoms in total. The van der Waals surface area contributed by atoms with Crippen molar-refractivity contribution in [3.05, 3.63) is 42.0 Å². The minimum atomic E-state index is -0.919. The van der Waals surface area contributed by atoms with Gasteiger partial charge in [-0.25, -0.2) is 0 Å². The van der Waals surface area contributed by atoms with Gasteiger partial charge >= 0.3 is 5.97 Å². The Morgan fingerprint density at radius 2 is 2.10 bits per heavy atom. The number of Topliss-reactive ketones (excluding diaryl/α,β-unsaturated/α-hetero) is 1. The van der Waals surface area contributed by atoms with Crippen molar-refractivity contribution in [3.8, 4) is 0 Å². The van der Waals surface area contributed by atoms with Crippen molar-refractivity contribution in [3.63, 3.8) is 0 Å². The van der Waals surface area contributed by atoms with Gasteiger partial charge in [0.05, 0.1) is 6.61 Å². The largest absolute Gasteiger partial charge is 0.465 e. The van der Waals surface area contributed by atoms with Gasteiger partial charge in [-0.1, -0.05) is 42.8 Å². The molecule has 0 heterocycles. The van der Waals surface area contributed by atoms with Crippen LogP contribution < -0.4 is 0 Å². The van der Waals surface area contributed by atoms with Gasteiger partial charge in [0.1, 0.15) is 5.41 Å². The van der Waals surface area contributed by atoms with Crippen LogP contribution in [0, 0.1) is 11.3 Å². The average molecular weight is 284 g/mol. The van der Waals surface area contributed by atoms with Crippen molar-refractivity contribution in [1.29, 1.82) is 0 Å². The molecule has 2 atom stereocenters. The highest BCUT2D eigenvalue weighted by Gasteiger charge is 2.53. The molecule has 1 aromatic carbocycles. The van der Waals surface area contributed by atoms with Crippen LogP contribution in [0.5, 0.6) is 0 Å². The maximum absolute atomic E-state index is 12.9. The van der Waals surface area contributed by atoms with Crippen molar-refractivity contribution < 1.29 is 14.3 Å². The summed E-state index contributed by atoms with van der Waals surface area (Å²) >= 11 is 0. The third-order valence-electron chi connectivity index (χ3n) is 4.70. The third-order valence-corrected chi connectivity index (χ3v) is 4.70. The molecule has 2 aliphatic rings. The van der Waals surface area contributed by atoms with Crippen LogP contribution in [-0.4, -0.2) is 18.4 Å². The summed E-state index contributed by atoms with van der Waals surface area (Å²) in [6.07, 6.45) is 4.92. The Bertz CT molecular complexity index is 588. The highest BCUT2D eigenvalue weighted by Crippen LogP contribution is 2.49. The molecule has 21 heavy (non-hydrogen) atoms. The maximum Gasteiger partial charge on any atom is 0.319 e. The van der Waals surface area contributed by atoms with Gasteiger partial charge < -0.3 is 4.74 Å². The first kappa shape index (κ1) is 14.1. The molecule has 1 saturated carbocycles. The van der Waals surface area contributed by atoms with Gasteiger partial charge in [-0.2, -0.15) is 0 Å². The van der Waals surface area contributed by atoms with Crippen LogP contribution in [0.1, 0.15) is 38.2 Å². The number of fused-ring (bicyclic) bond motifs is 2. The van der Waals surface area contributed by atoms with E-state index < -0.39 is 5.41 Å². The minimum absolute atomic E-state index is 0.0635. The number of rotatable bonds is 3. The molecule has 3 heteroatoms. The quantitative estimate of drug-likeness (QED) is 0.631. The third kappa shape index (κ3) is 2.21. The van der Waals surface area contributed by atoms with Crippen molar-refractivity contribution >= 4 is 17.3 Å². The zero-order valence-electron chi connectivity index (χ0n) is 12.3. The van der Waals surface area contributed by atoms with Crippen molar-refractivity contribution in [2.24, 2.45) is 11.3 Å². The number of ketones is 1. The van der Waals surface area contributed by atoms with Crippen LogP contribution in [0.15, 0.2) is 36.4 Å². The predicted octanol–water partition coefficient (Wildman–Crippen LogP) is 3.39. The molecule has 0 spiro atoms. The fourth-order valence-electron chi connectivity index (χ4n) is 3.63. The molecular weight excluding hydrogens is 264 g/mol. The van der Waals surface area contributed by atoms with E-state index in [9.17, 15) is 9.59 Å². The summed E-state index contributed by atoms with van der Waals surface area (Å²) in [7, 11) is 0. The molecule has 0 N–H and O–H groups in total. The van der Waals surface area contributed by atoms with E-state index in [1.54, 1.807) is 6.92 Å². The fraction of sp³-hybridized carbons (Fsp3) is 0.444. The normalized spacial score (nSPS) is 28.0. The van der Waals surface area contributed by atoms with E-state index in [0.717, 1.165) is 24.0 Å². The minimum Gasteiger partial charge on any atom is -0.465 e. The Morgan fingerprint density at radius 1 is 1.33 bits per heavy atom. The smallest absolute Gasteiger partial charge is 0.319 e. The van der Waals surface area contributed by atoms with E-state index in [4.69, 9.17) is 4.74 Å². The number of esters is 1. The molecule has 2 bridgehead atoms. The average Bonchev–Trinajstić information content (AvgIpc) is 2.49. The van der Waals surface area contributed by atoms with Gasteiger partial charge in [0.25, 0.3) is 0 Å². The van der Waals surface area contributed by atoms with E-state index in [2.05, 4.69) is 6.08 Å². The highest BCUT2D eigenvalue weighted by molar-refractivity contribution is 6.11. The van der Waals surface area contributed by atoms with Crippen molar-refractivity contribution in [2.45, 2.75) is 32.6 Å². The summed E-state index contributed by atoms with van der Waals surface area (Å²) < 4.78 is 5.18. The molecule has 1 aromatic rings. The number of carbonyl (C=O) groups is 2. The lowest BCUT2D eigenvalue weighted by atomic mass is 9.60. The van der Waals surface area contributed by atoms with Crippen LogP contribution in [0.2, 0.25) is 0 Å². The van der Waals surface area contributed by atoms with Crippen LogP contribution in [0.25, 0.3) is 5.57 Å². The molecule has 1 fully saturated rings. The number of carbonyl (C=O) groups excluding carboxylic acids is 2. The molecule has 3 rings (SSSR count). The van der Waals surface area contributed by atoms with E-state index >= 15 is 0 Å². The number of benzene rings is 1. The highest BCUT2D eigenvalue weighted by atomic mass is 16.5. The van der Waals surface area contributed by atoms with Crippen LogP contribution in [0.3, 0.4) is 0 Å². The van der Waals surface area contributed by atoms with Gasteiger partial charge in [0, 0.05) is 5.92 Å². The molecule has 0 radical (unpaired) electrons. The Balaban J connectivity index is 1.98. The van der Waals surface area contributed by atoms with Gasteiger partial charge in [0.2, 0.25) is 0 Å². The lowest BCUT2D eigenvalue weighted by Gasteiger charge is -2.41. The summed E-state index contributed by atoms with van der Waals surface area (Å²) in [6.45, 7) is 2.11. The Morgan fingerprint density at radius 3 is 2.81 bits per heavy atom. The number of hydrogen-bond acceptors (Lipinski definition) is 3. The van der Waals surface area contributed by atoms with Gasteiger partial charge in [0.15, 0.2) is 5.78 Å². The number of ether oxygens (including phenoxy) is 1. The monoisotopic (exact) mass is 284 g/mol. The van der Waals surface area contributed by atoms with E-state index in [0.29, 0.717) is 19.4 Å². The summed E-state index contributed by atoms with van der Waals surface area (Å²) in [5.41, 5.74) is 1.26. The summed E-state index contributed by atoms with van der Waals surface area (Å²) in [5.74, 6) is -0.420. The lowest BCUT2D eigenvalue weighted by Crippen LogP contribution is -2.48. The van der Waals surface area contributed by atoms with Gasteiger partial charge in [-0.3, -0.25) is 9.59 Å². The van der Waals surface area contributed by atoms with Crippen LogP contribution >= 0.6 is 0 Å². The SMILES string of the molecule is CCOC(=O)[C@@]12CC=C(c3ccccc3)[C@@H](CCC1)C2=O. The second-order valence-electron chi connectivity index (χ2n) is 5.84. The molecule has 0 saturated heterocycles. The second kappa shape index (κ2) is 5.47. The van der Waals surface area contributed by atoms with Crippen LogP contribution in [0.4, 0.5) is 0 Å². The second-order valence-corrected chi connectivity index (χ2v) is 5.84. The van der Waals surface area contributed by atoms with E-state index in [1.807, 2.05) is 30.3 Å². The lowest BCUT2D eigenvalue weighted by molar-refractivity contribution is -0.163. The molecule has 0 unspecified atom stereocenters. The standard InChI is InChI=1S/C18H20O3/c1-2-21-17(20)18-11-6-9-15(16(18)19)14(10-12-18)13-7-4-3-5-8-13/h3-5,7-8,10,15H,2,6,9,11-12H2,1H3/t15-,18-/m1/s1. The molecule has 0 aromatic heterocycles. The Labute approximate surface area is 125 Å². The van der Waals surface area contributed by atoms with E-state index in [1.165, 1.54) is 0 Å². The summed E-state index contributed by atoms with van der Waals surface area (Å²) in [6, 6.07) is 10.0. The number of hydrogen-bond donors (Lipinski definition) is 0. The zero-order valence-corrected chi connectivity index (χ0v) is 12.3. The fourth-order valence-corrected chi connectivity index (χ4v) is 3.63. The summed E-state index contributed by atoms with van der Waals surface area (Å²) in [5, 5.41) is 0. The maximum atomic E-state index is 12.9. The van der Waals surface area contributed by atoms with Crippen LogP contribution in [-0.2, 0) is 14.3 Å². The van der Waals surface area contributed by atoms with Gasteiger partial charge in [-0.15, -0.1) is 0 Å². The first-order valence-corrected chi connectivity index (χ1v) is 7.66. The molecule has 0 aliphatic heterocycles. The summed E-state index contributed by atoms with van der Waals surface area (Å²) in [4.78, 5) is 25.2. The van der Waals surface area contributed by atoms with Crippen molar-refractivity contribution in [1.82, 2.24) is 0 Å². The predicted molar refractivity (Wildman–Crippen MR) is 80.5 cm³/mol. The molecule has 0 amide bonds.